The van der Waals surface area contributed by atoms with Crippen molar-refractivity contribution < 1.29 is 0 Å². The number of anilines is 1. The summed E-state index contributed by atoms with van der Waals surface area (Å²) in [5, 5.41) is 3.88. The highest BCUT2D eigenvalue weighted by Gasteiger charge is 2.20. The van der Waals surface area contributed by atoms with Gasteiger partial charge in [0.25, 0.3) is 0 Å². The van der Waals surface area contributed by atoms with Crippen LogP contribution >= 0.6 is 24.0 Å². The van der Waals surface area contributed by atoms with Gasteiger partial charge in [0, 0.05) is 37.4 Å². The first-order chi connectivity index (χ1) is 7.18. The van der Waals surface area contributed by atoms with Crippen LogP contribution in [0.3, 0.4) is 0 Å². The van der Waals surface area contributed by atoms with Crippen LogP contribution in [0.1, 0.15) is 12.5 Å². The fraction of sp³-hybridized carbons (Fsp3) is 0.600. The van der Waals surface area contributed by atoms with Crippen LogP contribution in [-0.2, 0) is 0 Å². The summed E-state index contributed by atoms with van der Waals surface area (Å²) in [5.74, 6) is 0.736. The summed E-state index contributed by atoms with van der Waals surface area (Å²) in [4.78, 5) is 10.8. The molecule has 2 heterocycles. The van der Waals surface area contributed by atoms with Crippen molar-refractivity contribution in [1.29, 1.82) is 0 Å². The molecule has 6 heteroatoms. The van der Waals surface area contributed by atoms with Crippen LogP contribution < -0.4 is 10.2 Å². The molecule has 2 rings (SSSR count). The Balaban J connectivity index is 0.00000128. The van der Waals surface area contributed by atoms with Crippen LogP contribution in [0.25, 0.3) is 0 Å². The summed E-state index contributed by atoms with van der Waals surface area (Å²) in [5.41, 5.74) is 0.920. The van der Waals surface area contributed by atoms with Crippen molar-refractivity contribution in [2.75, 3.05) is 24.5 Å². The fourth-order valence-electron chi connectivity index (χ4n) is 1.69. The minimum Gasteiger partial charge on any atom is -0.336 e. The van der Waals surface area contributed by atoms with E-state index in [1.807, 2.05) is 6.92 Å². The van der Waals surface area contributed by atoms with Gasteiger partial charge in [0.05, 0.1) is 0 Å². The smallest absolute Gasteiger partial charge is 0.227 e. The normalized spacial score (nSPS) is 20.4. The molecule has 1 aromatic rings. The SMILES string of the molecule is Cc1cnc(N2CCNCC2C)nc1Cl.Cl. The first-order valence-electron chi connectivity index (χ1n) is 5.15. The molecule has 1 fully saturated rings. The van der Waals surface area contributed by atoms with Gasteiger partial charge in [-0.1, -0.05) is 11.6 Å². The lowest BCUT2D eigenvalue weighted by Crippen LogP contribution is -2.50. The van der Waals surface area contributed by atoms with Gasteiger partial charge < -0.3 is 10.2 Å². The summed E-state index contributed by atoms with van der Waals surface area (Å²) >= 11 is 5.99. The molecule has 1 aliphatic heterocycles. The molecule has 0 aromatic carbocycles. The molecule has 0 saturated carbocycles. The Morgan fingerprint density at radius 1 is 1.56 bits per heavy atom. The largest absolute Gasteiger partial charge is 0.336 e. The molecule has 16 heavy (non-hydrogen) atoms. The van der Waals surface area contributed by atoms with Gasteiger partial charge in [0.15, 0.2) is 0 Å². The maximum atomic E-state index is 5.99. The molecule has 0 aliphatic carbocycles. The standard InChI is InChI=1S/C10H15ClN4.ClH/c1-7-5-13-10(14-9(7)11)15-4-3-12-6-8(15)2;/h5,8,12H,3-4,6H2,1-2H3;1H. The molecule has 0 amide bonds. The number of nitrogens with zero attached hydrogens (tertiary/aromatic N) is 3. The van der Waals surface area contributed by atoms with Crippen molar-refractivity contribution >= 4 is 30.0 Å². The van der Waals surface area contributed by atoms with E-state index in [2.05, 4.69) is 27.1 Å². The molecular formula is C10H16Cl2N4. The van der Waals surface area contributed by atoms with Crippen molar-refractivity contribution in [2.24, 2.45) is 0 Å². The number of aromatic nitrogens is 2. The zero-order valence-electron chi connectivity index (χ0n) is 9.40. The van der Waals surface area contributed by atoms with Crippen LogP contribution in [0.5, 0.6) is 0 Å². The molecule has 4 nitrogen and oxygen atoms in total. The van der Waals surface area contributed by atoms with Crippen molar-refractivity contribution in [3.05, 3.63) is 16.9 Å². The zero-order chi connectivity index (χ0) is 10.8. The van der Waals surface area contributed by atoms with Gasteiger partial charge >= 0.3 is 0 Å². The molecule has 1 saturated heterocycles. The Morgan fingerprint density at radius 3 is 2.94 bits per heavy atom. The third-order valence-electron chi connectivity index (χ3n) is 2.66. The average molecular weight is 263 g/mol. The zero-order valence-corrected chi connectivity index (χ0v) is 11.0. The molecule has 90 valence electrons. The fourth-order valence-corrected chi connectivity index (χ4v) is 1.81. The molecule has 0 spiro atoms. The Morgan fingerprint density at radius 2 is 2.31 bits per heavy atom. The highest BCUT2D eigenvalue weighted by molar-refractivity contribution is 6.30. The molecular weight excluding hydrogens is 247 g/mol. The molecule has 0 radical (unpaired) electrons. The second-order valence-electron chi connectivity index (χ2n) is 3.89. The van der Waals surface area contributed by atoms with Crippen LogP contribution in [0.4, 0.5) is 5.95 Å². The molecule has 0 bridgehead atoms. The van der Waals surface area contributed by atoms with E-state index in [0.29, 0.717) is 11.2 Å². The summed E-state index contributed by atoms with van der Waals surface area (Å²) in [6.45, 7) is 6.94. The van der Waals surface area contributed by atoms with Crippen LogP contribution in [0.2, 0.25) is 5.15 Å². The summed E-state index contributed by atoms with van der Waals surface area (Å²) < 4.78 is 0. The Bertz CT molecular complexity index is 359. The number of hydrogen-bond donors (Lipinski definition) is 1. The number of nitrogens with one attached hydrogen (secondary N) is 1. The highest BCUT2D eigenvalue weighted by Crippen LogP contribution is 2.17. The van der Waals surface area contributed by atoms with E-state index >= 15 is 0 Å². The number of hydrogen-bond acceptors (Lipinski definition) is 4. The minimum absolute atomic E-state index is 0. The van der Waals surface area contributed by atoms with Gasteiger partial charge in [-0.15, -0.1) is 12.4 Å². The third kappa shape index (κ3) is 2.75. The summed E-state index contributed by atoms with van der Waals surface area (Å²) in [6, 6.07) is 0.414. The van der Waals surface area contributed by atoms with Crippen molar-refractivity contribution in [2.45, 2.75) is 19.9 Å². The monoisotopic (exact) mass is 262 g/mol. The van der Waals surface area contributed by atoms with E-state index in [1.165, 1.54) is 0 Å². The Hall–Kier alpha value is -0.580. The maximum Gasteiger partial charge on any atom is 0.227 e. The number of aryl methyl sites for hydroxylation is 1. The van der Waals surface area contributed by atoms with Gasteiger partial charge in [-0.3, -0.25) is 0 Å². The molecule has 1 aliphatic rings. The number of piperazine rings is 1. The topological polar surface area (TPSA) is 41.1 Å². The minimum atomic E-state index is 0. The molecule has 1 aromatic heterocycles. The second-order valence-corrected chi connectivity index (χ2v) is 4.25. The number of rotatable bonds is 1. The van der Waals surface area contributed by atoms with Crippen molar-refractivity contribution in [3.8, 4) is 0 Å². The van der Waals surface area contributed by atoms with Crippen molar-refractivity contribution in [1.82, 2.24) is 15.3 Å². The van der Waals surface area contributed by atoms with E-state index in [1.54, 1.807) is 6.20 Å². The van der Waals surface area contributed by atoms with E-state index in [4.69, 9.17) is 11.6 Å². The summed E-state index contributed by atoms with van der Waals surface area (Å²) in [7, 11) is 0. The number of halogens is 2. The molecule has 1 unspecified atom stereocenters. The first-order valence-corrected chi connectivity index (χ1v) is 5.53. The second kappa shape index (κ2) is 5.66. The van der Waals surface area contributed by atoms with E-state index < -0.39 is 0 Å². The highest BCUT2D eigenvalue weighted by atomic mass is 35.5. The molecule has 1 N–H and O–H groups in total. The first kappa shape index (κ1) is 13.5. The van der Waals surface area contributed by atoms with Crippen LogP contribution in [0.15, 0.2) is 6.20 Å². The Kier molecular flexibility index (Phi) is 4.77. The quantitative estimate of drug-likeness (QED) is 0.782. The maximum absolute atomic E-state index is 5.99. The predicted octanol–water partition coefficient (Wildman–Crippen LogP) is 1.66. The van der Waals surface area contributed by atoms with Crippen LogP contribution in [-0.4, -0.2) is 35.6 Å². The lowest BCUT2D eigenvalue weighted by atomic mass is 10.2. The van der Waals surface area contributed by atoms with Gasteiger partial charge in [0.2, 0.25) is 5.95 Å². The average Bonchev–Trinajstić information content (AvgIpc) is 2.23. The van der Waals surface area contributed by atoms with Gasteiger partial charge in [-0.05, 0) is 13.8 Å². The summed E-state index contributed by atoms with van der Waals surface area (Å²) in [6.07, 6.45) is 1.78. The van der Waals surface area contributed by atoms with Crippen LogP contribution in [0, 0.1) is 6.92 Å². The Labute approximate surface area is 107 Å². The van der Waals surface area contributed by atoms with E-state index in [9.17, 15) is 0 Å². The van der Waals surface area contributed by atoms with Gasteiger partial charge in [0.1, 0.15) is 5.15 Å². The lowest BCUT2D eigenvalue weighted by Gasteiger charge is -2.33. The van der Waals surface area contributed by atoms with Crippen molar-refractivity contribution in [3.63, 3.8) is 0 Å². The van der Waals surface area contributed by atoms with Gasteiger partial charge in [-0.2, -0.15) is 0 Å². The molecule has 1 atom stereocenters. The van der Waals surface area contributed by atoms with Gasteiger partial charge in [-0.25, -0.2) is 9.97 Å². The van der Waals surface area contributed by atoms with E-state index in [-0.39, 0.29) is 12.4 Å². The third-order valence-corrected chi connectivity index (χ3v) is 3.04. The van der Waals surface area contributed by atoms with E-state index in [0.717, 1.165) is 31.1 Å². The lowest BCUT2D eigenvalue weighted by molar-refractivity contribution is 0.493. The predicted molar refractivity (Wildman–Crippen MR) is 68.7 cm³/mol.